The minimum absolute atomic E-state index is 0.265. The molecule has 0 spiro atoms. The number of morpholine rings is 1. The highest BCUT2D eigenvalue weighted by atomic mass is 16.5. The lowest BCUT2D eigenvalue weighted by molar-refractivity contribution is -0.152. The van der Waals surface area contributed by atoms with E-state index in [2.05, 4.69) is 4.90 Å². The summed E-state index contributed by atoms with van der Waals surface area (Å²) in [5.41, 5.74) is 0. The highest BCUT2D eigenvalue weighted by molar-refractivity contribution is 5.72. The third-order valence-corrected chi connectivity index (χ3v) is 2.55. The lowest BCUT2D eigenvalue weighted by atomic mass is 10.2. The molecule has 0 saturated carbocycles. The predicted molar refractivity (Wildman–Crippen MR) is 54.9 cm³/mol. The maximum atomic E-state index is 10.9. The van der Waals surface area contributed by atoms with Crippen molar-refractivity contribution in [1.82, 2.24) is 4.90 Å². The van der Waals surface area contributed by atoms with Crippen molar-refractivity contribution in [3.63, 3.8) is 0 Å². The maximum Gasteiger partial charge on any atom is 0.334 e. The summed E-state index contributed by atoms with van der Waals surface area (Å²) in [6.45, 7) is 6.81. The average molecular weight is 217 g/mol. The fourth-order valence-electron chi connectivity index (χ4n) is 1.65. The quantitative estimate of drug-likeness (QED) is 0.712. The standard InChI is InChI=1S/C10H19NO4/c1-3-15-9(10(12)13)6-11-4-5-14-7-8(11)2/h8-9H,3-7H2,1-2H3,(H,12,13). The van der Waals surface area contributed by atoms with Gasteiger partial charge in [-0.1, -0.05) is 0 Å². The summed E-state index contributed by atoms with van der Waals surface area (Å²) >= 11 is 0. The zero-order valence-electron chi connectivity index (χ0n) is 9.31. The minimum Gasteiger partial charge on any atom is -0.479 e. The summed E-state index contributed by atoms with van der Waals surface area (Å²) in [7, 11) is 0. The predicted octanol–water partition coefficient (Wildman–Crippen LogP) is 0.197. The first kappa shape index (κ1) is 12.4. The molecule has 0 aromatic rings. The van der Waals surface area contributed by atoms with Gasteiger partial charge < -0.3 is 14.6 Å². The van der Waals surface area contributed by atoms with Crippen LogP contribution in [0.4, 0.5) is 0 Å². The fourth-order valence-corrected chi connectivity index (χ4v) is 1.65. The van der Waals surface area contributed by atoms with Crippen molar-refractivity contribution in [2.75, 3.05) is 32.9 Å². The molecule has 0 bridgehead atoms. The molecule has 1 fully saturated rings. The van der Waals surface area contributed by atoms with Crippen LogP contribution in [-0.2, 0) is 14.3 Å². The first-order valence-corrected chi connectivity index (χ1v) is 5.31. The van der Waals surface area contributed by atoms with Crippen molar-refractivity contribution in [3.05, 3.63) is 0 Å². The molecule has 88 valence electrons. The molecule has 1 N–H and O–H groups in total. The summed E-state index contributed by atoms with van der Waals surface area (Å²) < 4.78 is 10.5. The van der Waals surface area contributed by atoms with Gasteiger partial charge in [-0.3, -0.25) is 4.90 Å². The fraction of sp³-hybridized carbons (Fsp3) is 0.900. The first-order chi connectivity index (χ1) is 7.15. The van der Waals surface area contributed by atoms with E-state index in [-0.39, 0.29) is 6.04 Å². The molecular formula is C10H19NO4. The van der Waals surface area contributed by atoms with E-state index in [9.17, 15) is 4.79 Å². The summed E-state index contributed by atoms with van der Waals surface area (Å²) in [4.78, 5) is 13.0. The monoisotopic (exact) mass is 217 g/mol. The smallest absolute Gasteiger partial charge is 0.334 e. The molecule has 1 rings (SSSR count). The van der Waals surface area contributed by atoms with Crippen LogP contribution in [-0.4, -0.2) is 61.0 Å². The van der Waals surface area contributed by atoms with Gasteiger partial charge in [-0.2, -0.15) is 0 Å². The van der Waals surface area contributed by atoms with E-state index < -0.39 is 12.1 Å². The van der Waals surface area contributed by atoms with Crippen LogP contribution in [0.3, 0.4) is 0 Å². The Hall–Kier alpha value is -0.650. The van der Waals surface area contributed by atoms with Crippen LogP contribution in [0.15, 0.2) is 0 Å². The Kier molecular flexibility index (Phi) is 5.01. The van der Waals surface area contributed by atoms with Crippen LogP contribution in [0.5, 0.6) is 0 Å². The van der Waals surface area contributed by atoms with Crippen LogP contribution in [0.2, 0.25) is 0 Å². The molecule has 0 aliphatic carbocycles. The summed E-state index contributed by atoms with van der Waals surface area (Å²) in [6.07, 6.45) is -0.726. The first-order valence-electron chi connectivity index (χ1n) is 5.31. The lowest BCUT2D eigenvalue weighted by Gasteiger charge is -2.34. The van der Waals surface area contributed by atoms with E-state index in [1.807, 2.05) is 6.92 Å². The molecule has 1 saturated heterocycles. The third kappa shape index (κ3) is 3.77. The zero-order valence-corrected chi connectivity index (χ0v) is 9.31. The van der Waals surface area contributed by atoms with Gasteiger partial charge >= 0.3 is 5.97 Å². The van der Waals surface area contributed by atoms with Crippen LogP contribution in [0.1, 0.15) is 13.8 Å². The molecule has 0 amide bonds. The Morgan fingerprint density at radius 1 is 1.73 bits per heavy atom. The van der Waals surface area contributed by atoms with Crippen LogP contribution in [0.25, 0.3) is 0 Å². The molecule has 15 heavy (non-hydrogen) atoms. The van der Waals surface area contributed by atoms with Gasteiger partial charge in [-0.25, -0.2) is 4.79 Å². The number of hydrogen-bond acceptors (Lipinski definition) is 4. The van der Waals surface area contributed by atoms with Gasteiger partial charge in [0.1, 0.15) is 0 Å². The zero-order chi connectivity index (χ0) is 11.3. The minimum atomic E-state index is -0.893. The van der Waals surface area contributed by atoms with Crippen molar-refractivity contribution < 1.29 is 19.4 Å². The number of hydrogen-bond donors (Lipinski definition) is 1. The molecule has 0 radical (unpaired) electrons. The Bertz CT molecular complexity index is 210. The van der Waals surface area contributed by atoms with E-state index in [0.717, 1.165) is 6.54 Å². The normalized spacial score (nSPS) is 25.1. The van der Waals surface area contributed by atoms with E-state index in [1.165, 1.54) is 0 Å². The number of carbonyl (C=O) groups is 1. The second kappa shape index (κ2) is 6.05. The SMILES string of the molecule is CCOC(CN1CCOCC1C)C(=O)O. The summed E-state index contributed by atoms with van der Waals surface area (Å²) in [5.74, 6) is -0.893. The van der Waals surface area contributed by atoms with Gasteiger partial charge in [0.2, 0.25) is 0 Å². The third-order valence-electron chi connectivity index (χ3n) is 2.55. The van der Waals surface area contributed by atoms with Crippen molar-refractivity contribution in [1.29, 1.82) is 0 Å². The molecule has 1 aliphatic heterocycles. The molecule has 2 unspecified atom stereocenters. The average Bonchev–Trinajstić information content (AvgIpc) is 2.20. The van der Waals surface area contributed by atoms with Crippen molar-refractivity contribution >= 4 is 5.97 Å². The molecule has 0 aromatic heterocycles. The van der Waals surface area contributed by atoms with Gasteiger partial charge in [-0.15, -0.1) is 0 Å². The number of carboxylic acids is 1. The molecular weight excluding hydrogens is 198 g/mol. The van der Waals surface area contributed by atoms with E-state index >= 15 is 0 Å². The van der Waals surface area contributed by atoms with Crippen molar-refractivity contribution in [3.8, 4) is 0 Å². The second-order valence-corrected chi connectivity index (χ2v) is 3.70. The van der Waals surface area contributed by atoms with E-state index in [0.29, 0.717) is 26.4 Å². The number of carboxylic acid groups (broad SMARTS) is 1. The maximum absolute atomic E-state index is 10.9. The van der Waals surface area contributed by atoms with E-state index in [4.69, 9.17) is 14.6 Å². The van der Waals surface area contributed by atoms with Crippen LogP contribution in [0, 0.1) is 0 Å². The second-order valence-electron chi connectivity index (χ2n) is 3.70. The Balaban J connectivity index is 2.44. The Morgan fingerprint density at radius 3 is 3.00 bits per heavy atom. The number of nitrogens with zero attached hydrogens (tertiary/aromatic N) is 1. The molecule has 2 atom stereocenters. The number of ether oxygens (including phenoxy) is 2. The Labute approximate surface area is 90.0 Å². The number of rotatable bonds is 5. The largest absolute Gasteiger partial charge is 0.479 e. The van der Waals surface area contributed by atoms with Crippen molar-refractivity contribution in [2.45, 2.75) is 26.0 Å². The van der Waals surface area contributed by atoms with Crippen LogP contribution >= 0.6 is 0 Å². The molecule has 5 heteroatoms. The van der Waals surface area contributed by atoms with Gasteiger partial charge in [-0.05, 0) is 13.8 Å². The summed E-state index contributed by atoms with van der Waals surface area (Å²) in [5, 5.41) is 8.94. The van der Waals surface area contributed by atoms with Gasteiger partial charge in [0, 0.05) is 25.7 Å². The Morgan fingerprint density at radius 2 is 2.47 bits per heavy atom. The van der Waals surface area contributed by atoms with E-state index in [1.54, 1.807) is 6.92 Å². The number of aliphatic carboxylic acids is 1. The van der Waals surface area contributed by atoms with Gasteiger partial charge in [0.15, 0.2) is 6.10 Å². The lowest BCUT2D eigenvalue weighted by Crippen LogP contribution is -2.49. The van der Waals surface area contributed by atoms with Crippen molar-refractivity contribution in [2.24, 2.45) is 0 Å². The summed E-state index contributed by atoms with van der Waals surface area (Å²) in [6, 6.07) is 0.265. The molecule has 0 aromatic carbocycles. The molecule has 1 heterocycles. The highest BCUT2D eigenvalue weighted by Crippen LogP contribution is 2.08. The van der Waals surface area contributed by atoms with Crippen LogP contribution < -0.4 is 0 Å². The van der Waals surface area contributed by atoms with Gasteiger partial charge in [0.25, 0.3) is 0 Å². The topological polar surface area (TPSA) is 59.0 Å². The highest BCUT2D eigenvalue weighted by Gasteiger charge is 2.26. The van der Waals surface area contributed by atoms with Gasteiger partial charge in [0.05, 0.1) is 13.2 Å². The molecule has 1 aliphatic rings. The molecule has 5 nitrogen and oxygen atoms in total.